The summed E-state index contributed by atoms with van der Waals surface area (Å²) in [7, 11) is 1.64. The molecule has 0 aromatic heterocycles. The summed E-state index contributed by atoms with van der Waals surface area (Å²) < 4.78 is 5.20. The van der Waals surface area contributed by atoms with Gasteiger partial charge in [-0.1, -0.05) is 30.3 Å². The highest BCUT2D eigenvalue weighted by molar-refractivity contribution is 6.15. The zero-order valence-electron chi connectivity index (χ0n) is 10.7. The minimum Gasteiger partial charge on any atom is -0.497 e. The van der Waals surface area contributed by atoms with E-state index >= 15 is 0 Å². The van der Waals surface area contributed by atoms with Crippen LogP contribution >= 0.6 is 0 Å². The molecule has 0 unspecified atom stereocenters. The number of ketones is 1. The molecule has 2 aromatic rings. The fraction of sp³-hybridized carbons (Fsp3) is 0.118. The topological polar surface area (TPSA) is 26.3 Å². The maximum Gasteiger partial charge on any atom is 0.189 e. The lowest BCUT2D eigenvalue weighted by atomic mass is 10.1. The first-order valence-electron chi connectivity index (χ1n) is 6.25. The summed E-state index contributed by atoms with van der Waals surface area (Å²) in [5.41, 5.74) is 3.74. The van der Waals surface area contributed by atoms with Crippen molar-refractivity contribution in [1.29, 1.82) is 0 Å². The second-order valence-corrected chi connectivity index (χ2v) is 4.61. The number of allylic oxidation sites excluding steroid dienone is 1. The van der Waals surface area contributed by atoms with Gasteiger partial charge in [0.25, 0.3) is 0 Å². The average molecular weight is 250 g/mol. The maximum absolute atomic E-state index is 12.3. The summed E-state index contributed by atoms with van der Waals surface area (Å²) in [5.74, 6) is 0.925. The zero-order valence-corrected chi connectivity index (χ0v) is 10.7. The molecule has 2 nitrogen and oxygen atoms in total. The average Bonchev–Trinajstić information content (AvgIpc) is 2.76. The molecule has 0 bridgehead atoms. The highest BCUT2D eigenvalue weighted by atomic mass is 16.5. The molecule has 94 valence electrons. The van der Waals surface area contributed by atoms with Crippen LogP contribution in [-0.2, 0) is 6.42 Å². The van der Waals surface area contributed by atoms with Crippen LogP contribution in [0.15, 0.2) is 54.1 Å². The second kappa shape index (κ2) is 4.73. The quantitative estimate of drug-likeness (QED) is 0.762. The summed E-state index contributed by atoms with van der Waals surface area (Å²) in [5, 5.41) is 0. The van der Waals surface area contributed by atoms with Crippen LogP contribution in [0.3, 0.4) is 0 Å². The number of rotatable bonds is 2. The Morgan fingerprint density at radius 3 is 2.63 bits per heavy atom. The van der Waals surface area contributed by atoms with Gasteiger partial charge in [0.15, 0.2) is 5.78 Å². The summed E-state index contributed by atoms with van der Waals surface area (Å²) in [6.45, 7) is 0. The molecular formula is C17H14O2. The zero-order chi connectivity index (χ0) is 13.2. The van der Waals surface area contributed by atoms with Crippen molar-refractivity contribution in [3.05, 3.63) is 70.8 Å². The van der Waals surface area contributed by atoms with E-state index in [4.69, 9.17) is 4.74 Å². The van der Waals surface area contributed by atoms with E-state index in [9.17, 15) is 4.79 Å². The highest BCUT2D eigenvalue weighted by Gasteiger charge is 2.24. The van der Waals surface area contributed by atoms with E-state index in [0.717, 1.165) is 28.0 Å². The molecule has 0 heterocycles. The van der Waals surface area contributed by atoms with Gasteiger partial charge in [-0.15, -0.1) is 0 Å². The number of methoxy groups -OCH3 is 1. The number of ether oxygens (including phenoxy) is 1. The first kappa shape index (κ1) is 11.7. The Morgan fingerprint density at radius 2 is 1.89 bits per heavy atom. The van der Waals surface area contributed by atoms with E-state index in [1.54, 1.807) is 7.11 Å². The molecule has 2 aromatic carbocycles. The Morgan fingerprint density at radius 1 is 1.11 bits per heavy atom. The number of benzene rings is 2. The molecule has 2 heteroatoms. The van der Waals surface area contributed by atoms with Crippen molar-refractivity contribution < 1.29 is 9.53 Å². The Hall–Kier alpha value is -2.35. The van der Waals surface area contributed by atoms with Crippen molar-refractivity contribution in [1.82, 2.24) is 0 Å². The van der Waals surface area contributed by atoms with E-state index in [0.29, 0.717) is 6.42 Å². The molecular weight excluding hydrogens is 236 g/mol. The van der Waals surface area contributed by atoms with Gasteiger partial charge in [-0.05, 0) is 35.4 Å². The lowest BCUT2D eigenvalue weighted by Gasteiger charge is -2.01. The van der Waals surface area contributed by atoms with Crippen LogP contribution in [0.2, 0.25) is 0 Å². The fourth-order valence-electron chi connectivity index (χ4n) is 2.39. The minimum absolute atomic E-state index is 0.126. The Bertz CT molecular complexity index is 654. The van der Waals surface area contributed by atoms with Gasteiger partial charge in [0, 0.05) is 17.6 Å². The Kier molecular flexibility index (Phi) is 2.92. The molecule has 0 saturated carbocycles. The normalized spacial score (nSPS) is 15.6. The summed E-state index contributed by atoms with van der Waals surface area (Å²) >= 11 is 0. The second-order valence-electron chi connectivity index (χ2n) is 4.61. The van der Waals surface area contributed by atoms with E-state index in [-0.39, 0.29) is 5.78 Å². The third kappa shape index (κ3) is 2.17. The predicted octanol–water partition coefficient (Wildman–Crippen LogP) is 3.52. The van der Waals surface area contributed by atoms with E-state index < -0.39 is 0 Å². The van der Waals surface area contributed by atoms with Crippen LogP contribution in [0, 0.1) is 0 Å². The molecule has 1 aliphatic carbocycles. The number of hydrogen-bond donors (Lipinski definition) is 0. The van der Waals surface area contributed by atoms with E-state index in [2.05, 4.69) is 0 Å². The van der Waals surface area contributed by atoms with Crippen molar-refractivity contribution >= 4 is 11.9 Å². The number of carbonyl (C=O) groups is 1. The summed E-state index contributed by atoms with van der Waals surface area (Å²) in [4.78, 5) is 12.3. The smallest absolute Gasteiger partial charge is 0.189 e. The van der Waals surface area contributed by atoms with Gasteiger partial charge in [0.05, 0.1) is 7.11 Å². The van der Waals surface area contributed by atoms with Crippen molar-refractivity contribution in [2.45, 2.75) is 6.42 Å². The molecule has 0 amide bonds. The molecule has 0 N–H and O–H groups in total. The van der Waals surface area contributed by atoms with Crippen molar-refractivity contribution in [3.8, 4) is 5.75 Å². The fourth-order valence-corrected chi connectivity index (χ4v) is 2.39. The van der Waals surface area contributed by atoms with Crippen LogP contribution in [0.5, 0.6) is 5.75 Å². The van der Waals surface area contributed by atoms with Gasteiger partial charge in [-0.3, -0.25) is 4.79 Å². The van der Waals surface area contributed by atoms with Gasteiger partial charge in [0.1, 0.15) is 5.75 Å². The summed E-state index contributed by atoms with van der Waals surface area (Å²) in [6.07, 6.45) is 2.65. The lowest BCUT2D eigenvalue weighted by molar-refractivity contribution is 0.104. The van der Waals surface area contributed by atoms with Gasteiger partial charge >= 0.3 is 0 Å². The summed E-state index contributed by atoms with van der Waals surface area (Å²) in [6, 6.07) is 15.6. The van der Waals surface area contributed by atoms with Crippen molar-refractivity contribution in [3.63, 3.8) is 0 Å². The number of fused-ring (bicyclic) bond motifs is 1. The first-order chi connectivity index (χ1) is 9.28. The predicted molar refractivity (Wildman–Crippen MR) is 75.4 cm³/mol. The van der Waals surface area contributed by atoms with Gasteiger partial charge in [0.2, 0.25) is 0 Å². The SMILES string of the molecule is COc1ccc2c(c1)C/C(=C/c1ccccc1)C2=O. The third-order valence-electron chi connectivity index (χ3n) is 3.37. The van der Waals surface area contributed by atoms with E-state index in [1.165, 1.54) is 0 Å². The third-order valence-corrected chi connectivity index (χ3v) is 3.37. The van der Waals surface area contributed by atoms with Crippen LogP contribution in [-0.4, -0.2) is 12.9 Å². The maximum atomic E-state index is 12.3. The molecule has 0 spiro atoms. The van der Waals surface area contributed by atoms with Gasteiger partial charge < -0.3 is 4.74 Å². The van der Waals surface area contributed by atoms with Crippen LogP contribution in [0.1, 0.15) is 21.5 Å². The Balaban J connectivity index is 1.97. The van der Waals surface area contributed by atoms with Crippen LogP contribution in [0.4, 0.5) is 0 Å². The molecule has 0 atom stereocenters. The molecule has 0 saturated heterocycles. The molecule has 1 aliphatic rings. The standard InChI is InChI=1S/C17H14O2/c1-19-15-7-8-16-13(11-15)10-14(17(16)18)9-12-5-3-2-4-6-12/h2-9,11H,10H2,1H3/b14-9-. The highest BCUT2D eigenvalue weighted by Crippen LogP contribution is 2.30. The number of hydrogen-bond acceptors (Lipinski definition) is 2. The van der Waals surface area contributed by atoms with Crippen molar-refractivity contribution in [2.75, 3.05) is 7.11 Å². The lowest BCUT2D eigenvalue weighted by Crippen LogP contribution is -1.95. The first-order valence-corrected chi connectivity index (χ1v) is 6.25. The molecule has 0 radical (unpaired) electrons. The molecule has 0 aliphatic heterocycles. The monoisotopic (exact) mass is 250 g/mol. The number of Topliss-reactive ketones (excluding diaryl/α,β-unsaturated/α-hetero) is 1. The minimum atomic E-state index is 0.126. The largest absolute Gasteiger partial charge is 0.497 e. The molecule has 19 heavy (non-hydrogen) atoms. The number of carbonyl (C=O) groups excluding carboxylic acids is 1. The molecule has 3 rings (SSSR count). The van der Waals surface area contributed by atoms with Gasteiger partial charge in [-0.2, -0.15) is 0 Å². The Labute approximate surface area is 112 Å². The van der Waals surface area contributed by atoms with E-state index in [1.807, 2.05) is 54.6 Å². The van der Waals surface area contributed by atoms with Crippen molar-refractivity contribution in [2.24, 2.45) is 0 Å². The van der Waals surface area contributed by atoms with Gasteiger partial charge in [-0.25, -0.2) is 0 Å². The molecule has 0 fully saturated rings. The van der Waals surface area contributed by atoms with Crippen LogP contribution < -0.4 is 4.74 Å². The van der Waals surface area contributed by atoms with Crippen LogP contribution in [0.25, 0.3) is 6.08 Å².